The Morgan fingerprint density at radius 2 is 1.77 bits per heavy atom. The van der Waals surface area contributed by atoms with Crippen LogP contribution < -0.4 is 0 Å². The second kappa shape index (κ2) is 3.11. The molecule has 0 saturated heterocycles. The van der Waals surface area contributed by atoms with Crippen LogP contribution in [0.3, 0.4) is 0 Å². The number of benzene rings is 1. The van der Waals surface area contributed by atoms with Crippen LogP contribution in [0.25, 0.3) is 0 Å². The van der Waals surface area contributed by atoms with Gasteiger partial charge in [-0.15, -0.1) is 0 Å². The fourth-order valence-electron chi connectivity index (χ4n) is 1.25. The molecule has 0 fully saturated rings. The normalized spacial score (nSPS) is 11.8. The molecule has 0 aliphatic carbocycles. The SMILES string of the molecule is Cc1ccc(C(C)(C)O)c(F)c1C. The Bertz CT molecular complexity index is 324. The molecule has 0 aromatic heterocycles. The second-order valence-electron chi connectivity index (χ2n) is 3.93. The molecule has 1 aromatic carbocycles. The minimum atomic E-state index is -1.11. The van der Waals surface area contributed by atoms with Crippen LogP contribution in [-0.4, -0.2) is 5.11 Å². The van der Waals surface area contributed by atoms with Crippen molar-refractivity contribution in [2.24, 2.45) is 0 Å². The molecule has 0 unspecified atom stereocenters. The third-order valence-corrected chi connectivity index (χ3v) is 2.32. The van der Waals surface area contributed by atoms with Gasteiger partial charge in [-0.25, -0.2) is 4.39 Å². The van der Waals surface area contributed by atoms with E-state index in [1.165, 1.54) is 0 Å². The van der Waals surface area contributed by atoms with E-state index in [0.717, 1.165) is 5.56 Å². The van der Waals surface area contributed by atoms with Crippen LogP contribution >= 0.6 is 0 Å². The molecule has 0 aliphatic rings. The Balaban J connectivity index is 3.35. The minimum Gasteiger partial charge on any atom is -0.386 e. The van der Waals surface area contributed by atoms with E-state index >= 15 is 0 Å². The summed E-state index contributed by atoms with van der Waals surface area (Å²) in [5, 5.41) is 9.65. The van der Waals surface area contributed by atoms with Gasteiger partial charge in [0.15, 0.2) is 0 Å². The Kier molecular flexibility index (Phi) is 2.44. The fourth-order valence-corrected chi connectivity index (χ4v) is 1.25. The summed E-state index contributed by atoms with van der Waals surface area (Å²) in [5.74, 6) is -0.299. The van der Waals surface area contributed by atoms with Crippen LogP contribution in [0.5, 0.6) is 0 Å². The minimum absolute atomic E-state index is 0.299. The van der Waals surface area contributed by atoms with Crippen molar-refractivity contribution in [1.29, 1.82) is 0 Å². The third-order valence-electron chi connectivity index (χ3n) is 2.32. The van der Waals surface area contributed by atoms with Crippen molar-refractivity contribution < 1.29 is 9.50 Å². The van der Waals surface area contributed by atoms with Crippen LogP contribution in [0.4, 0.5) is 4.39 Å². The number of aliphatic hydroxyl groups is 1. The Morgan fingerprint density at radius 1 is 1.23 bits per heavy atom. The topological polar surface area (TPSA) is 20.2 Å². The van der Waals surface area contributed by atoms with Gasteiger partial charge in [-0.1, -0.05) is 12.1 Å². The molecule has 1 nitrogen and oxygen atoms in total. The first kappa shape index (κ1) is 10.2. The highest BCUT2D eigenvalue weighted by atomic mass is 19.1. The zero-order chi connectivity index (χ0) is 10.2. The third kappa shape index (κ3) is 1.89. The fraction of sp³-hybridized carbons (Fsp3) is 0.455. The van der Waals surface area contributed by atoms with E-state index in [1.54, 1.807) is 26.8 Å². The van der Waals surface area contributed by atoms with Gasteiger partial charge in [-0.2, -0.15) is 0 Å². The zero-order valence-electron chi connectivity index (χ0n) is 8.48. The first-order chi connectivity index (χ1) is 5.84. The summed E-state index contributed by atoms with van der Waals surface area (Å²) in [6.07, 6.45) is 0. The Labute approximate surface area is 78.2 Å². The first-order valence-corrected chi connectivity index (χ1v) is 4.32. The van der Waals surface area contributed by atoms with E-state index in [9.17, 15) is 9.50 Å². The molecule has 0 aliphatic heterocycles. The zero-order valence-corrected chi connectivity index (χ0v) is 8.48. The lowest BCUT2D eigenvalue weighted by molar-refractivity contribution is 0.0744. The Hall–Kier alpha value is -0.890. The highest BCUT2D eigenvalue weighted by Gasteiger charge is 2.21. The van der Waals surface area contributed by atoms with Crippen molar-refractivity contribution in [3.05, 3.63) is 34.6 Å². The van der Waals surface area contributed by atoms with Crippen molar-refractivity contribution in [2.45, 2.75) is 33.3 Å². The van der Waals surface area contributed by atoms with Gasteiger partial charge in [0, 0.05) is 5.56 Å². The Morgan fingerprint density at radius 3 is 2.23 bits per heavy atom. The molecule has 13 heavy (non-hydrogen) atoms. The van der Waals surface area contributed by atoms with Crippen LogP contribution in [0.2, 0.25) is 0 Å². The van der Waals surface area contributed by atoms with Crippen molar-refractivity contribution in [2.75, 3.05) is 0 Å². The number of halogens is 1. The highest BCUT2D eigenvalue weighted by Crippen LogP contribution is 2.25. The first-order valence-electron chi connectivity index (χ1n) is 4.32. The maximum absolute atomic E-state index is 13.6. The van der Waals surface area contributed by atoms with Crippen molar-refractivity contribution in [1.82, 2.24) is 0 Å². The number of aryl methyl sites for hydroxylation is 1. The van der Waals surface area contributed by atoms with Crippen LogP contribution in [0.15, 0.2) is 12.1 Å². The molecule has 0 spiro atoms. The van der Waals surface area contributed by atoms with E-state index in [2.05, 4.69) is 0 Å². The van der Waals surface area contributed by atoms with E-state index < -0.39 is 5.60 Å². The van der Waals surface area contributed by atoms with Crippen LogP contribution in [0.1, 0.15) is 30.5 Å². The van der Waals surface area contributed by atoms with Gasteiger partial charge in [0.1, 0.15) is 5.82 Å². The van der Waals surface area contributed by atoms with Crippen molar-refractivity contribution in [3.63, 3.8) is 0 Å². The predicted octanol–water partition coefficient (Wildman–Crippen LogP) is 2.67. The summed E-state index contributed by atoms with van der Waals surface area (Å²) in [5.41, 5.74) is 0.767. The monoisotopic (exact) mass is 182 g/mol. The lowest BCUT2D eigenvalue weighted by Crippen LogP contribution is -2.18. The lowest BCUT2D eigenvalue weighted by atomic mass is 9.94. The molecule has 1 N–H and O–H groups in total. The molecule has 2 heteroatoms. The number of rotatable bonds is 1. The smallest absolute Gasteiger partial charge is 0.132 e. The molecule has 0 saturated carbocycles. The number of hydrogen-bond donors (Lipinski definition) is 1. The molecule has 0 heterocycles. The molecule has 0 bridgehead atoms. The van der Waals surface area contributed by atoms with Gasteiger partial charge in [0.25, 0.3) is 0 Å². The summed E-state index contributed by atoms with van der Waals surface area (Å²) in [6, 6.07) is 3.46. The van der Waals surface area contributed by atoms with Gasteiger partial charge in [0.05, 0.1) is 5.60 Å². The largest absolute Gasteiger partial charge is 0.386 e. The summed E-state index contributed by atoms with van der Waals surface area (Å²) in [6.45, 7) is 6.74. The number of hydrogen-bond acceptors (Lipinski definition) is 1. The summed E-state index contributed by atoms with van der Waals surface area (Å²) >= 11 is 0. The van der Waals surface area contributed by atoms with Gasteiger partial charge < -0.3 is 5.11 Å². The van der Waals surface area contributed by atoms with E-state index in [-0.39, 0.29) is 5.82 Å². The molecule has 1 aromatic rings. The lowest BCUT2D eigenvalue weighted by Gasteiger charge is -2.20. The molecular formula is C11H15FO. The highest BCUT2D eigenvalue weighted by molar-refractivity contribution is 5.34. The van der Waals surface area contributed by atoms with Crippen molar-refractivity contribution >= 4 is 0 Å². The molecule has 0 atom stereocenters. The molecule has 72 valence electrons. The van der Waals surface area contributed by atoms with E-state index in [0.29, 0.717) is 11.1 Å². The van der Waals surface area contributed by atoms with E-state index in [1.807, 2.05) is 13.0 Å². The standard InChI is InChI=1S/C11H15FO/c1-7-5-6-9(11(3,4)13)10(12)8(7)2/h5-6,13H,1-4H3. The summed E-state index contributed by atoms with van der Waals surface area (Å²) in [7, 11) is 0. The molecular weight excluding hydrogens is 167 g/mol. The predicted molar refractivity (Wildman–Crippen MR) is 51.1 cm³/mol. The molecule has 1 rings (SSSR count). The maximum Gasteiger partial charge on any atom is 0.132 e. The van der Waals surface area contributed by atoms with Crippen LogP contribution in [-0.2, 0) is 5.60 Å². The molecule has 0 radical (unpaired) electrons. The van der Waals surface area contributed by atoms with E-state index in [4.69, 9.17) is 0 Å². The molecule has 0 amide bonds. The summed E-state index contributed by atoms with van der Waals surface area (Å²) < 4.78 is 13.6. The van der Waals surface area contributed by atoms with Gasteiger partial charge in [-0.05, 0) is 38.8 Å². The quantitative estimate of drug-likeness (QED) is 0.708. The second-order valence-corrected chi connectivity index (χ2v) is 3.93. The maximum atomic E-state index is 13.6. The average molecular weight is 182 g/mol. The van der Waals surface area contributed by atoms with Crippen molar-refractivity contribution in [3.8, 4) is 0 Å². The van der Waals surface area contributed by atoms with Gasteiger partial charge in [-0.3, -0.25) is 0 Å². The summed E-state index contributed by atoms with van der Waals surface area (Å²) in [4.78, 5) is 0. The van der Waals surface area contributed by atoms with Gasteiger partial charge in [0.2, 0.25) is 0 Å². The average Bonchev–Trinajstić information content (AvgIpc) is 1.98. The van der Waals surface area contributed by atoms with Crippen LogP contribution in [0, 0.1) is 19.7 Å². The van der Waals surface area contributed by atoms with Gasteiger partial charge >= 0.3 is 0 Å².